The van der Waals surface area contributed by atoms with Crippen molar-refractivity contribution < 1.29 is 18.3 Å². The summed E-state index contributed by atoms with van der Waals surface area (Å²) in [6.45, 7) is -0.299. The van der Waals surface area contributed by atoms with Crippen LogP contribution in [-0.4, -0.2) is 50.5 Å². The number of benzene rings is 1. The molecule has 4 heterocycles. The van der Waals surface area contributed by atoms with E-state index in [0.717, 1.165) is 10.9 Å². The van der Waals surface area contributed by atoms with Crippen LogP contribution in [0.25, 0.3) is 16.4 Å². The van der Waals surface area contributed by atoms with Gasteiger partial charge in [0.05, 0.1) is 23.8 Å². The number of alkyl halides is 2. The highest BCUT2D eigenvalue weighted by atomic mass is 19.3. The molecule has 5 rings (SSSR count). The Hall–Kier alpha value is -3.55. The SMILES string of the molecule is O=C(c1cccc2ccnn12)N1CCC(F)(F)[C@@H](Oc2ccc3ccccc3n2)C1. The Morgan fingerprint density at radius 1 is 1.07 bits per heavy atom. The molecule has 0 bridgehead atoms. The first-order chi connectivity index (χ1) is 14.5. The largest absolute Gasteiger partial charge is 0.466 e. The van der Waals surface area contributed by atoms with Gasteiger partial charge in [-0.05, 0) is 30.3 Å². The molecule has 0 unspecified atom stereocenters. The summed E-state index contributed by atoms with van der Waals surface area (Å²) in [4.78, 5) is 18.8. The van der Waals surface area contributed by atoms with Crippen LogP contribution >= 0.6 is 0 Å². The second kappa shape index (κ2) is 7.05. The van der Waals surface area contributed by atoms with Crippen LogP contribution in [0.5, 0.6) is 5.88 Å². The van der Waals surface area contributed by atoms with E-state index in [1.807, 2.05) is 24.3 Å². The summed E-state index contributed by atoms with van der Waals surface area (Å²) in [5.41, 5.74) is 1.74. The highest BCUT2D eigenvalue weighted by Gasteiger charge is 2.47. The average Bonchev–Trinajstić information content (AvgIpc) is 3.23. The van der Waals surface area contributed by atoms with E-state index in [-0.39, 0.29) is 24.9 Å². The van der Waals surface area contributed by atoms with Crippen LogP contribution in [0.2, 0.25) is 0 Å². The van der Waals surface area contributed by atoms with Crippen molar-refractivity contribution in [2.75, 3.05) is 13.1 Å². The number of halogens is 2. The maximum absolute atomic E-state index is 14.6. The van der Waals surface area contributed by atoms with Gasteiger partial charge in [-0.25, -0.2) is 18.3 Å². The number of fused-ring (bicyclic) bond motifs is 2. The maximum atomic E-state index is 14.6. The molecule has 30 heavy (non-hydrogen) atoms. The molecular weight excluding hydrogens is 390 g/mol. The van der Waals surface area contributed by atoms with Crippen molar-refractivity contribution in [1.29, 1.82) is 0 Å². The van der Waals surface area contributed by atoms with Gasteiger partial charge < -0.3 is 9.64 Å². The number of rotatable bonds is 3. The first-order valence-corrected chi connectivity index (χ1v) is 9.64. The minimum Gasteiger partial charge on any atom is -0.466 e. The zero-order chi connectivity index (χ0) is 20.7. The van der Waals surface area contributed by atoms with Crippen molar-refractivity contribution in [2.45, 2.75) is 18.4 Å². The summed E-state index contributed by atoms with van der Waals surface area (Å²) in [5.74, 6) is -3.32. The Morgan fingerprint density at radius 3 is 2.83 bits per heavy atom. The molecule has 4 aromatic rings. The van der Waals surface area contributed by atoms with Crippen LogP contribution < -0.4 is 4.74 Å². The van der Waals surface area contributed by atoms with Crippen molar-refractivity contribution >= 4 is 22.3 Å². The minimum absolute atomic E-state index is 0.0610. The Kier molecular flexibility index (Phi) is 4.34. The molecule has 8 heteroatoms. The van der Waals surface area contributed by atoms with Crippen molar-refractivity contribution in [1.82, 2.24) is 19.5 Å². The molecule has 1 atom stereocenters. The number of carbonyl (C=O) groups is 1. The predicted octanol–water partition coefficient (Wildman–Crippen LogP) is 3.81. The van der Waals surface area contributed by atoms with Gasteiger partial charge in [-0.15, -0.1) is 0 Å². The number of amides is 1. The molecule has 152 valence electrons. The molecule has 1 amide bonds. The van der Waals surface area contributed by atoms with Gasteiger partial charge in [0, 0.05) is 24.4 Å². The summed E-state index contributed by atoms with van der Waals surface area (Å²) >= 11 is 0. The molecule has 1 fully saturated rings. The van der Waals surface area contributed by atoms with E-state index in [1.54, 1.807) is 42.6 Å². The summed E-state index contributed by atoms with van der Waals surface area (Å²) in [6, 6.07) is 17.7. The predicted molar refractivity (Wildman–Crippen MR) is 107 cm³/mol. The topological polar surface area (TPSA) is 59.7 Å². The number of ether oxygens (including phenoxy) is 1. The van der Waals surface area contributed by atoms with Crippen LogP contribution in [0.3, 0.4) is 0 Å². The van der Waals surface area contributed by atoms with E-state index in [4.69, 9.17) is 4.74 Å². The average molecular weight is 408 g/mol. The maximum Gasteiger partial charge on any atom is 0.287 e. The fraction of sp³-hybridized carbons (Fsp3) is 0.227. The molecule has 0 spiro atoms. The zero-order valence-electron chi connectivity index (χ0n) is 15.9. The fourth-order valence-electron chi connectivity index (χ4n) is 3.71. The number of likely N-dealkylation sites (tertiary alicyclic amines) is 1. The van der Waals surface area contributed by atoms with Gasteiger partial charge in [-0.1, -0.05) is 24.3 Å². The standard InChI is InChI=1S/C22H18F2N4O2/c23-22(24)11-13-27(21(29)18-7-3-5-16-10-12-25-28(16)18)14-19(22)30-20-9-8-15-4-1-2-6-17(15)26-20/h1-10,12,19H,11,13-14H2/t19-/m0/s1. The lowest BCUT2D eigenvalue weighted by molar-refractivity contribution is -0.131. The third-order valence-electron chi connectivity index (χ3n) is 5.34. The van der Waals surface area contributed by atoms with Crippen LogP contribution in [0.1, 0.15) is 16.9 Å². The Bertz CT molecular complexity index is 1240. The van der Waals surface area contributed by atoms with Gasteiger partial charge in [0.2, 0.25) is 5.88 Å². The van der Waals surface area contributed by atoms with Gasteiger partial charge in [0.15, 0.2) is 6.10 Å². The lowest BCUT2D eigenvalue weighted by atomic mass is 10.0. The second-order valence-electron chi connectivity index (χ2n) is 7.29. The van der Waals surface area contributed by atoms with Gasteiger partial charge >= 0.3 is 0 Å². The smallest absolute Gasteiger partial charge is 0.287 e. The molecule has 1 saturated heterocycles. The summed E-state index contributed by atoms with van der Waals surface area (Å²) in [7, 11) is 0. The Labute approximate surface area is 170 Å². The fourth-order valence-corrected chi connectivity index (χ4v) is 3.71. The molecule has 6 nitrogen and oxygen atoms in total. The van der Waals surface area contributed by atoms with Crippen LogP contribution in [0.15, 0.2) is 66.9 Å². The van der Waals surface area contributed by atoms with Crippen LogP contribution in [0, 0.1) is 0 Å². The first-order valence-electron chi connectivity index (χ1n) is 9.64. The summed E-state index contributed by atoms with van der Waals surface area (Å²) < 4.78 is 36.3. The Balaban J connectivity index is 1.40. The molecule has 1 aliphatic heterocycles. The van der Waals surface area contributed by atoms with Gasteiger partial charge in [0.25, 0.3) is 11.8 Å². The van der Waals surface area contributed by atoms with Crippen LogP contribution in [0.4, 0.5) is 8.78 Å². The lowest BCUT2D eigenvalue weighted by Gasteiger charge is -2.37. The van der Waals surface area contributed by atoms with E-state index >= 15 is 0 Å². The normalized spacial score (nSPS) is 18.6. The number of piperidine rings is 1. The lowest BCUT2D eigenvalue weighted by Crippen LogP contribution is -2.55. The zero-order valence-corrected chi connectivity index (χ0v) is 15.9. The summed E-state index contributed by atoms with van der Waals surface area (Å²) in [5, 5.41) is 5.05. The number of para-hydroxylation sites is 1. The van der Waals surface area contributed by atoms with Crippen molar-refractivity contribution in [2.24, 2.45) is 0 Å². The highest BCUT2D eigenvalue weighted by Crippen LogP contribution is 2.32. The van der Waals surface area contributed by atoms with Gasteiger partial charge in [-0.2, -0.15) is 5.10 Å². The number of hydrogen-bond donors (Lipinski definition) is 0. The minimum atomic E-state index is -3.07. The van der Waals surface area contributed by atoms with Crippen molar-refractivity contribution in [3.05, 3.63) is 72.6 Å². The Morgan fingerprint density at radius 2 is 1.93 bits per heavy atom. The molecule has 1 aromatic carbocycles. The number of aromatic nitrogens is 3. The number of hydrogen-bond acceptors (Lipinski definition) is 4. The molecule has 0 aliphatic carbocycles. The quantitative estimate of drug-likeness (QED) is 0.517. The van der Waals surface area contributed by atoms with E-state index in [2.05, 4.69) is 10.1 Å². The molecule has 0 radical (unpaired) electrons. The van der Waals surface area contributed by atoms with E-state index < -0.39 is 18.4 Å². The van der Waals surface area contributed by atoms with Gasteiger partial charge in [-0.3, -0.25) is 4.79 Å². The van der Waals surface area contributed by atoms with E-state index in [1.165, 1.54) is 9.42 Å². The van der Waals surface area contributed by atoms with E-state index in [9.17, 15) is 13.6 Å². The van der Waals surface area contributed by atoms with Gasteiger partial charge in [0.1, 0.15) is 5.69 Å². The van der Waals surface area contributed by atoms with Crippen molar-refractivity contribution in [3.8, 4) is 5.88 Å². The molecule has 1 aliphatic rings. The molecule has 3 aromatic heterocycles. The second-order valence-corrected chi connectivity index (χ2v) is 7.29. The number of pyridine rings is 2. The third-order valence-corrected chi connectivity index (χ3v) is 5.34. The van der Waals surface area contributed by atoms with Crippen molar-refractivity contribution in [3.63, 3.8) is 0 Å². The first kappa shape index (κ1) is 18.5. The highest BCUT2D eigenvalue weighted by molar-refractivity contribution is 5.93. The molecule has 0 N–H and O–H groups in total. The summed E-state index contributed by atoms with van der Waals surface area (Å²) in [6.07, 6.45) is -0.375. The van der Waals surface area contributed by atoms with E-state index in [0.29, 0.717) is 11.2 Å². The molecule has 0 saturated carbocycles. The molecular formula is C22H18F2N4O2. The third kappa shape index (κ3) is 3.24. The monoisotopic (exact) mass is 408 g/mol. The van der Waals surface area contributed by atoms with Crippen LogP contribution in [-0.2, 0) is 0 Å². The number of nitrogens with zero attached hydrogens (tertiary/aromatic N) is 4. The number of carbonyl (C=O) groups excluding carboxylic acids is 1.